The number of aromatic amines is 2. The lowest BCUT2D eigenvalue weighted by Gasteiger charge is -2.20. The predicted molar refractivity (Wildman–Crippen MR) is 92.0 cm³/mol. The van der Waals surface area contributed by atoms with Crippen molar-refractivity contribution in [3.05, 3.63) is 34.1 Å². The molecule has 0 aromatic carbocycles. The molecule has 1 aliphatic rings. The van der Waals surface area contributed by atoms with Crippen molar-refractivity contribution in [3.8, 4) is 10.4 Å². The molecule has 1 saturated heterocycles. The lowest BCUT2D eigenvalue weighted by atomic mass is 10.2. The summed E-state index contributed by atoms with van der Waals surface area (Å²) in [4.78, 5) is 22.9. The zero-order chi connectivity index (χ0) is 16.7. The first kappa shape index (κ1) is 15.5. The van der Waals surface area contributed by atoms with Gasteiger partial charge in [-0.1, -0.05) is 0 Å². The van der Waals surface area contributed by atoms with Crippen LogP contribution >= 0.6 is 11.3 Å². The van der Waals surface area contributed by atoms with Crippen LogP contribution in [0.4, 0.5) is 4.39 Å². The zero-order valence-electron chi connectivity index (χ0n) is 13.3. The maximum atomic E-state index is 13.0. The molecule has 1 fully saturated rings. The molecule has 4 rings (SSSR count). The van der Waals surface area contributed by atoms with E-state index in [0.717, 1.165) is 35.5 Å². The van der Waals surface area contributed by atoms with Crippen LogP contribution in [-0.4, -0.2) is 44.3 Å². The van der Waals surface area contributed by atoms with Crippen LogP contribution in [0.15, 0.2) is 17.1 Å². The van der Waals surface area contributed by atoms with Crippen LogP contribution in [0, 0.1) is 6.92 Å². The van der Waals surface area contributed by atoms with Crippen molar-refractivity contribution in [3.63, 3.8) is 0 Å². The van der Waals surface area contributed by atoms with Crippen LogP contribution in [-0.2, 0) is 6.54 Å². The summed E-state index contributed by atoms with van der Waals surface area (Å²) < 4.78 is 13.6. The van der Waals surface area contributed by atoms with E-state index >= 15 is 0 Å². The summed E-state index contributed by atoms with van der Waals surface area (Å²) in [6, 6.07) is 1.87. The number of rotatable bonds is 4. The Morgan fingerprint density at radius 3 is 3.12 bits per heavy atom. The Bertz CT molecular complexity index is 930. The molecule has 2 N–H and O–H groups in total. The lowest BCUT2D eigenvalue weighted by Crippen LogP contribution is -2.31. The molecule has 1 aliphatic heterocycles. The summed E-state index contributed by atoms with van der Waals surface area (Å²) in [5.74, 6) is 0.598. The van der Waals surface area contributed by atoms with Gasteiger partial charge in [-0.2, -0.15) is 5.10 Å². The lowest BCUT2D eigenvalue weighted by molar-refractivity contribution is 0.203. The first-order valence-electron chi connectivity index (χ1n) is 7.99. The van der Waals surface area contributed by atoms with Gasteiger partial charge in [-0.05, 0) is 32.4 Å². The summed E-state index contributed by atoms with van der Waals surface area (Å²) in [5, 5.41) is 6.93. The fourth-order valence-corrected chi connectivity index (χ4v) is 4.32. The second kappa shape index (κ2) is 6.10. The first-order valence-corrected chi connectivity index (χ1v) is 8.80. The van der Waals surface area contributed by atoms with Gasteiger partial charge in [0.15, 0.2) is 0 Å². The van der Waals surface area contributed by atoms with E-state index in [0.29, 0.717) is 22.6 Å². The molecule has 3 aromatic rings. The summed E-state index contributed by atoms with van der Waals surface area (Å²) >= 11 is 1.41. The molecule has 0 radical (unpaired) electrons. The molecule has 0 bridgehead atoms. The van der Waals surface area contributed by atoms with E-state index in [1.54, 1.807) is 6.20 Å². The number of thiophene rings is 1. The molecular formula is C16H18FN5OS. The van der Waals surface area contributed by atoms with E-state index in [1.807, 2.05) is 13.0 Å². The monoisotopic (exact) mass is 347 g/mol. The number of nitrogens with one attached hydrogen (secondary N) is 2. The summed E-state index contributed by atoms with van der Waals surface area (Å²) in [5.41, 5.74) is 2.49. The van der Waals surface area contributed by atoms with Crippen molar-refractivity contribution in [1.82, 2.24) is 25.1 Å². The van der Waals surface area contributed by atoms with E-state index in [2.05, 4.69) is 25.1 Å². The number of H-pyrrole nitrogens is 2. The predicted octanol–water partition coefficient (Wildman–Crippen LogP) is 2.62. The Morgan fingerprint density at radius 1 is 1.50 bits per heavy atom. The minimum atomic E-state index is -0.352. The van der Waals surface area contributed by atoms with Gasteiger partial charge >= 0.3 is 0 Å². The molecule has 24 heavy (non-hydrogen) atoms. The summed E-state index contributed by atoms with van der Waals surface area (Å²) in [6.45, 7) is 2.92. The molecule has 126 valence electrons. The van der Waals surface area contributed by atoms with Crippen molar-refractivity contribution in [2.24, 2.45) is 0 Å². The third-order valence-corrected chi connectivity index (χ3v) is 5.71. The van der Waals surface area contributed by atoms with Crippen LogP contribution in [0.3, 0.4) is 0 Å². The van der Waals surface area contributed by atoms with Gasteiger partial charge in [0.25, 0.3) is 5.56 Å². The van der Waals surface area contributed by atoms with Crippen LogP contribution in [0.5, 0.6) is 0 Å². The van der Waals surface area contributed by atoms with Gasteiger partial charge in [-0.15, -0.1) is 11.3 Å². The number of likely N-dealkylation sites (tertiary alicyclic amines) is 1. The highest BCUT2D eigenvalue weighted by Gasteiger charge is 2.25. The van der Waals surface area contributed by atoms with Gasteiger partial charge in [0.1, 0.15) is 17.2 Å². The zero-order valence-corrected chi connectivity index (χ0v) is 14.1. The SMILES string of the molecule is Cc1[nH]ncc1-c1cc2nc(CN3CCCC3CF)[nH]c(=O)c2s1. The van der Waals surface area contributed by atoms with Crippen molar-refractivity contribution in [2.45, 2.75) is 32.4 Å². The minimum Gasteiger partial charge on any atom is -0.308 e. The van der Waals surface area contributed by atoms with Crippen molar-refractivity contribution >= 4 is 21.6 Å². The minimum absolute atomic E-state index is 0.0578. The standard InChI is InChI=1S/C16H18FN5OS/c1-9-11(7-18-21-9)13-5-12-15(24-13)16(23)20-14(19-12)8-22-4-2-3-10(22)6-17/h5,7,10H,2-4,6,8H2,1H3,(H,18,21)(H,19,20,23). The number of nitrogens with zero attached hydrogens (tertiary/aromatic N) is 3. The molecule has 1 atom stereocenters. The molecule has 0 saturated carbocycles. The van der Waals surface area contributed by atoms with E-state index in [9.17, 15) is 9.18 Å². The maximum Gasteiger partial charge on any atom is 0.268 e. The molecule has 0 spiro atoms. The Morgan fingerprint density at radius 2 is 2.38 bits per heavy atom. The normalized spacial score (nSPS) is 18.7. The van der Waals surface area contributed by atoms with Crippen LogP contribution in [0.25, 0.3) is 20.7 Å². The van der Waals surface area contributed by atoms with Gasteiger partial charge in [-0.25, -0.2) is 9.37 Å². The molecule has 6 nitrogen and oxygen atoms in total. The fraction of sp³-hybridized carbons (Fsp3) is 0.438. The Labute approximate surface area is 141 Å². The maximum absolute atomic E-state index is 13.0. The highest BCUT2D eigenvalue weighted by molar-refractivity contribution is 7.22. The van der Waals surface area contributed by atoms with Gasteiger partial charge in [-0.3, -0.25) is 14.8 Å². The van der Waals surface area contributed by atoms with E-state index in [1.165, 1.54) is 11.3 Å². The first-order chi connectivity index (χ1) is 11.7. The third-order valence-electron chi connectivity index (χ3n) is 4.56. The number of alkyl halides is 1. The molecule has 1 unspecified atom stereocenters. The average molecular weight is 347 g/mol. The van der Waals surface area contributed by atoms with E-state index < -0.39 is 0 Å². The highest BCUT2D eigenvalue weighted by Crippen LogP contribution is 2.32. The topological polar surface area (TPSA) is 77.7 Å². The molecule has 0 amide bonds. The quantitative estimate of drug-likeness (QED) is 0.760. The van der Waals surface area contributed by atoms with E-state index in [-0.39, 0.29) is 18.3 Å². The highest BCUT2D eigenvalue weighted by atomic mass is 32.1. The van der Waals surface area contributed by atoms with Crippen LogP contribution in [0.1, 0.15) is 24.4 Å². The van der Waals surface area contributed by atoms with Crippen molar-refractivity contribution in [2.75, 3.05) is 13.2 Å². The third kappa shape index (κ3) is 2.65. The number of aromatic nitrogens is 4. The number of fused-ring (bicyclic) bond motifs is 1. The van der Waals surface area contributed by atoms with Gasteiger partial charge < -0.3 is 4.98 Å². The molecule has 3 aromatic heterocycles. The molecule has 0 aliphatic carbocycles. The number of hydrogen-bond donors (Lipinski definition) is 2. The van der Waals surface area contributed by atoms with Gasteiger partial charge in [0, 0.05) is 22.2 Å². The summed E-state index contributed by atoms with van der Waals surface area (Å²) in [6.07, 6.45) is 3.61. The largest absolute Gasteiger partial charge is 0.308 e. The summed E-state index contributed by atoms with van der Waals surface area (Å²) in [7, 11) is 0. The second-order valence-corrected chi connectivity index (χ2v) is 7.22. The fourth-order valence-electron chi connectivity index (χ4n) is 3.27. The second-order valence-electron chi connectivity index (χ2n) is 6.17. The number of halogens is 1. The Kier molecular flexibility index (Phi) is 3.93. The Balaban J connectivity index is 1.69. The number of hydrogen-bond acceptors (Lipinski definition) is 5. The van der Waals surface area contributed by atoms with Crippen molar-refractivity contribution in [1.29, 1.82) is 0 Å². The average Bonchev–Trinajstić information content (AvgIpc) is 3.26. The smallest absolute Gasteiger partial charge is 0.268 e. The van der Waals surface area contributed by atoms with Gasteiger partial charge in [0.2, 0.25) is 0 Å². The molecule has 8 heteroatoms. The number of aryl methyl sites for hydroxylation is 1. The van der Waals surface area contributed by atoms with Crippen LogP contribution in [0.2, 0.25) is 0 Å². The molecular weight excluding hydrogens is 329 g/mol. The van der Waals surface area contributed by atoms with E-state index in [4.69, 9.17) is 0 Å². The van der Waals surface area contributed by atoms with Crippen LogP contribution < -0.4 is 5.56 Å². The van der Waals surface area contributed by atoms with Gasteiger partial charge in [0.05, 0.1) is 18.3 Å². The van der Waals surface area contributed by atoms with Crippen molar-refractivity contribution < 1.29 is 4.39 Å². The molecule has 4 heterocycles. The Hall–Kier alpha value is -2.06.